The van der Waals surface area contributed by atoms with Gasteiger partial charge in [0, 0.05) is 49.2 Å². The Morgan fingerprint density at radius 1 is 0.962 bits per heavy atom. The Balaban J connectivity index is 1.21. The van der Waals surface area contributed by atoms with Crippen LogP contribution in [-0.4, -0.2) is 69.6 Å². The fourth-order valence-electron chi connectivity index (χ4n) is 5.87. The zero-order chi connectivity index (χ0) is 37.6. The maximum atomic E-state index is 13.7. The molecule has 4 aromatic heterocycles. The standard InChI is InChI=1S/C37H30FN7O8/c1-43(2)16-19-5-4-6-20(11-19)29-30-34(39-18-40-35(30)53-32(29)21-15-41-44(3)17-21)52-24-9-7-23(8-10-24)42-33(49)25-14-28(48)37(51)45(36(25)50)31-26(46)12-22(38)13-27(31)47/h4-15,17-18,46-48,51H,16H2,1-3H3,(H,42,49). The number of nitrogens with one attached hydrogen (secondary N) is 1. The van der Waals surface area contributed by atoms with Crippen molar-refractivity contribution in [2.45, 2.75) is 6.54 Å². The van der Waals surface area contributed by atoms with Crippen molar-refractivity contribution in [3.05, 3.63) is 113 Å². The summed E-state index contributed by atoms with van der Waals surface area (Å²) in [7, 11) is 5.78. The summed E-state index contributed by atoms with van der Waals surface area (Å²) in [6.45, 7) is 0.708. The fraction of sp³-hybridized carbons (Fsp3) is 0.108. The number of hydrogen-bond acceptors (Lipinski definition) is 12. The number of amides is 1. The lowest BCUT2D eigenvalue weighted by Gasteiger charge is -2.15. The van der Waals surface area contributed by atoms with Crippen molar-refractivity contribution in [3.8, 4) is 62.9 Å². The molecule has 53 heavy (non-hydrogen) atoms. The molecule has 0 fully saturated rings. The molecule has 0 aliphatic carbocycles. The molecule has 7 aromatic rings. The minimum Gasteiger partial charge on any atom is -0.505 e. The number of nitrogens with zero attached hydrogens (tertiary/aromatic N) is 6. The molecular formula is C37H30FN7O8. The molecular weight excluding hydrogens is 689 g/mol. The zero-order valence-electron chi connectivity index (χ0n) is 28.3. The smallest absolute Gasteiger partial charge is 0.271 e. The van der Waals surface area contributed by atoms with Crippen LogP contribution in [0, 0.1) is 5.82 Å². The van der Waals surface area contributed by atoms with Crippen LogP contribution in [-0.2, 0) is 13.6 Å². The number of aromatic nitrogens is 5. The number of benzene rings is 3. The minimum absolute atomic E-state index is 0.200. The Kier molecular flexibility index (Phi) is 8.72. The molecule has 1 amide bonds. The van der Waals surface area contributed by atoms with Gasteiger partial charge in [0.25, 0.3) is 11.5 Å². The van der Waals surface area contributed by atoms with E-state index < -0.39 is 51.7 Å². The average molecular weight is 720 g/mol. The molecule has 15 nitrogen and oxygen atoms in total. The van der Waals surface area contributed by atoms with Crippen LogP contribution in [0.2, 0.25) is 0 Å². The largest absolute Gasteiger partial charge is 0.505 e. The van der Waals surface area contributed by atoms with Crippen LogP contribution in [0.4, 0.5) is 10.1 Å². The Morgan fingerprint density at radius 2 is 1.70 bits per heavy atom. The molecule has 4 heterocycles. The number of aromatic hydroxyl groups is 4. The Labute approximate surface area is 299 Å². The van der Waals surface area contributed by atoms with Gasteiger partial charge in [-0.15, -0.1) is 0 Å². The summed E-state index contributed by atoms with van der Waals surface area (Å²) < 4.78 is 28.2. The summed E-state index contributed by atoms with van der Waals surface area (Å²) in [5.74, 6) is -4.86. The second-order valence-corrected chi connectivity index (χ2v) is 12.3. The molecule has 268 valence electrons. The first-order valence-corrected chi connectivity index (χ1v) is 15.9. The van der Waals surface area contributed by atoms with Crippen molar-refractivity contribution in [2.24, 2.45) is 7.05 Å². The van der Waals surface area contributed by atoms with E-state index >= 15 is 0 Å². The fourth-order valence-corrected chi connectivity index (χ4v) is 5.87. The van der Waals surface area contributed by atoms with Gasteiger partial charge < -0.3 is 39.8 Å². The molecule has 0 radical (unpaired) electrons. The Bertz CT molecular complexity index is 2570. The number of pyridine rings is 1. The first-order chi connectivity index (χ1) is 25.4. The molecule has 16 heteroatoms. The molecule has 0 aliphatic heterocycles. The average Bonchev–Trinajstić information content (AvgIpc) is 3.72. The van der Waals surface area contributed by atoms with E-state index in [1.807, 2.05) is 38.5 Å². The summed E-state index contributed by atoms with van der Waals surface area (Å²) in [4.78, 5) is 37.4. The first-order valence-electron chi connectivity index (χ1n) is 15.9. The van der Waals surface area contributed by atoms with E-state index in [2.05, 4.69) is 31.3 Å². The van der Waals surface area contributed by atoms with Crippen LogP contribution in [0.15, 0.2) is 94.7 Å². The van der Waals surface area contributed by atoms with Crippen LogP contribution < -0.4 is 15.6 Å². The molecule has 0 bridgehead atoms. The number of halogens is 1. The van der Waals surface area contributed by atoms with Gasteiger partial charge in [0.2, 0.25) is 17.5 Å². The normalized spacial score (nSPS) is 11.3. The molecule has 3 aromatic carbocycles. The maximum absolute atomic E-state index is 13.7. The summed E-state index contributed by atoms with van der Waals surface area (Å²) in [6.07, 6.45) is 4.84. The molecule has 0 saturated carbocycles. The first kappa shape index (κ1) is 34.3. The van der Waals surface area contributed by atoms with Crippen molar-refractivity contribution in [2.75, 3.05) is 19.4 Å². The molecule has 0 unspecified atom stereocenters. The third kappa shape index (κ3) is 6.57. The summed E-state index contributed by atoms with van der Waals surface area (Å²) in [5, 5.41) is 48.5. The van der Waals surface area contributed by atoms with E-state index in [0.29, 0.717) is 41.1 Å². The second-order valence-electron chi connectivity index (χ2n) is 12.3. The van der Waals surface area contributed by atoms with E-state index in [9.17, 15) is 34.4 Å². The van der Waals surface area contributed by atoms with Crippen molar-refractivity contribution in [1.82, 2.24) is 29.2 Å². The number of anilines is 1. The Hall–Kier alpha value is -7.20. The lowest BCUT2D eigenvalue weighted by molar-refractivity contribution is 0.102. The monoisotopic (exact) mass is 719 g/mol. The van der Waals surface area contributed by atoms with Crippen molar-refractivity contribution in [3.63, 3.8) is 0 Å². The van der Waals surface area contributed by atoms with E-state index in [1.165, 1.54) is 18.5 Å². The quantitative estimate of drug-likeness (QED) is 0.125. The van der Waals surface area contributed by atoms with Gasteiger partial charge in [-0.2, -0.15) is 5.10 Å². The number of fused-ring (bicyclic) bond motifs is 1. The molecule has 0 aliphatic rings. The van der Waals surface area contributed by atoms with Crippen molar-refractivity contribution in [1.29, 1.82) is 0 Å². The number of carbonyl (C=O) groups is 1. The molecule has 7 rings (SSSR count). The third-order valence-electron chi connectivity index (χ3n) is 8.12. The van der Waals surface area contributed by atoms with Crippen LogP contribution in [0.3, 0.4) is 0 Å². The van der Waals surface area contributed by atoms with E-state index in [1.54, 1.807) is 30.1 Å². The highest BCUT2D eigenvalue weighted by Crippen LogP contribution is 2.44. The van der Waals surface area contributed by atoms with Crippen LogP contribution in [0.1, 0.15) is 15.9 Å². The van der Waals surface area contributed by atoms with Crippen LogP contribution >= 0.6 is 0 Å². The predicted molar refractivity (Wildman–Crippen MR) is 190 cm³/mol. The third-order valence-corrected chi connectivity index (χ3v) is 8.12. The van der Waals surface area contributed by atoms with Gasteiger partial charge >= 0.3 is 0 Å². The van der Waals surface area contributed by atoms with Crippen LogP contribution in [0.25, 0.3) is 39.2 Å². The van der Waals surface area contributed by atoms with Gasteiger partial charge in [-0.3, -0.25) is 14.3 Å². The number of ether oxygens (including phenoxy) is 1. The molecule has 0 spiro atoms. The number of carbonyl (C=O) groups excluding carboxylic acids is 1. The molecule has 0 atom stereocenters. The second kappa shape index (κ2) is 13.5. The highest BCUT2D eigenvalue weighted by molar-refractivity contribution is 6.05. The number of furan rings is 1. The maximum Gasteiger partial charge on any atom is 0.271 e. The number of phenolic OH excluding ortho intramolecular Hbond substituents is 2. The predicted octanol–water partition coefficient (Wildman–Crippen LogP) is 5.51. The van der Waals surface area contributed by atoms with Gasteiger partial charge in [0.05, 0.1) is 11.8 Å². The lowest BCUT2D eigenvalue weighted by atomic mass is 9.99. The van der Waals surface area contributed by atoms with E-state index in [-0.39, 0.29) is 21.8 Å². The topological polar surface area (TPSA) is 201 Å². The van der Waals surface area contributed by atoms with E-state index in [4.69, 9.17) is 9.15 Å². The van der Waals surface area contributed by atoms with Gasteiger partial charge in [-0.1, -0.05) is 18.2 Å². The Morgan fingerprint density at radius 3 is 2.38 bits per heavy atom. The van der Waals surface area contributed by atoms with Crippen molar-refractivity contribution < 1.29 is 38.8 Å². The SMILES string of the molecule is CN(C)Cc1cccc(-c2c(-c3cnn(C)c3)oc3ncnc(Oc4ccc(NC(=O)c5cc(O)c(O)n(-c6c(O)cc(F)cc6O)c5=O)cc4)c23)c1. The number of phenols is 2. The number of aryl methyl sites for hydroxylation is 1. The zero-order valence-corrected chi connectivity index (χ0v) is 28.3. The summed E-state index contributed by atoms with van der Waals surface area (Å²) in [6, 6.07) is 16.0. The van der Waals surface area contributed by atoms with E-state index in [0.717, 1.165) is 22.8 Å². The molecule has 5 N–H and O–H groups in total. The summed E-state index contributed by atoms with van der Waals surface area (Å²) in [5.41, 5.74) is 1.22. The van der Waals surface area contributed by atoms with Gasteiger partial charge in [0.15, 0.2) is 5.75 Å². The molecule has 0 saturated heterocycles. The lowest BCUT2D eigenvalue weighted by Crippen LogP contribution is -2.28. The highest BCUT2D eigenvalue weighted by Gasteiger charge is 2.26. The van der Waals surface area contributed by atoms with Gasteiger partial charge in [0.1, 0.15) is 51.8 Å². The highest BCUT2D eigenvalue weighted by atomic mass is 19.1. The van der Waals surface area contributed by atoms with Gasteiger partial charge in [-0.25, -0.2) is 18.9 Å². The number of hydrogen-bond donors (Lipinski definition) is 5. The number of rotatable bonds is 9. The summed E-state index contributed by atoms with van der Waals surface area (Å²) >= 11 is 0. The van der Waals surface area contributed by atoms with Crippen molar-refractivity contribution >= 4 is 22.7 Å². The minimum atomic E-state index is -1.23. The van der Waals surface area contributed by atoms with Gasteiger partial charge in [-0.05, 0) is 55.6 Å². The van der Waals surface area contributed by atoms with Crippen LogP contribution in [0.5, 0.6) is 34.8 Å².